The maximum Gasteiger partial charge on any atom is 0.0724 e. The number of rotatable bonds is 0. The molecule has 6 saturated heterocycles. The number of fused-ring (bicyclic) bond motifs is 15. The quantitative estimate of drug-likeness (QED) is 0.134. The van der Waals surface area contributed by atoms with E-state index in [2.05, 4.69) is 92.6 Å². The highest BCUT2D eigenvalue weighted by Gasteiger charge is 2.32. The van der Waals surface area contributed by atoms with E-state index in [9.17, 15) is 0 Å². The van der Waals surface area contributed by atoms with Crippen molar-refractivity contribution in [3.63, 3.8) is 0 Å². The average Bonchev–Trinajstić information content (AvgIpc) is 4.40. The van der Waals surface area contributed by atoms with Crippen LogP contribution in [0.5, 0.6) is 0 Å². The summed E-state index contributed by atoms with van der Waals surface area (Å²) in [7, 11) is 0. The van der Waals surface area contributed by atoms with Crippen molar-refractivity contribution in [2.24, 2.45) is 35.5 Å². The zero-order valence-electron chi connectivity index (χ0n) is 48.8. The summed E-state index contributed by atoms with van der Waals surface area (Å²) in [5, 5.41) is 20.4. The van der Waals surface area contributed by atoms with Gasteiger partial charge in [-0.3, -0.25) is 0 Å². The Hall–Kier alpha value is -2.78. The lowest BCUT2D eigenvalue weighted by molar-refractivity contribution is 0.134. The first-order chi connectivity index (χ1) is 38.1. The zero-order valence-corrected chi connectivity index (χ0v) is 48.8. The van der Waals surface area contributed by atoms with E-state index in [1.54, 1.807) is 70.6 Å². The number of piperidine rings is 5. The summed E-state index contributed by atoms with van der Waals surface area (Å²) >= 11 is 0. The topological polar surface area (TPSA) is 81.4 Å². The molecule has 9 heterocycles. The van der Waals surface area contributed by atoms with Gasteiger partial charge in [-0.05, 0) is 192 Å². The Balaban J connectivity index is 0.000000105. The van der Waals surface area contributed by atoms with Crippen molar-refractivity contribution in [3.8, 4) is 0 Å². The second kappa shape index (κ2) is 33.8. The number of benzene rings is 3. The fourth-order valence-corrected chi connectivity index (χ4v) is 15.6. The van der Waals surface area contributed by atoms with E-state index in [1.807, 2.05) is 12.1 Å². The van der Waals surface area contributed by atoms with Gasteiger partial charge in [-0.15, -0.1) is 0 Å². The smallest absolute Gasteiger partial charge is 0.0724 e. The van der Waals surface area contributed by atoms with Gasteiger partial charge in [0.1, 0.15) is 0 Å². The van der Waals surface area contributed by atoms with Crippen LogP contribution < -0.4 is 31.9 Å². The number of anilines is 1. The zero-order chi connectivity index (χ0) is 52.4. The van der Waals surface area contributed by atoms with Gasteiger partial charge in [0.2, 0.25) is 0 Å². The minimum absolute atomic E-state index is 0.802. The van der Waals surface area contributed by atoms with Crippen molar-refractivity contribution in [1.82, 2.24) is 26.6 Å². The molecule has 428 valence electrons. The van der Waals surface area contributed by atoms with Crippen LogP contribution >= 0.6 is 0 Å². The number of para-hydroxylation sites is 1. The molecule has 0 aromatic heterocycles. The molecular weight excluding hydrogens is 941 g/mol. The summed E-state index contributed by atoms with van der Waals surface area (Å²) in [4.78, 5) is 0. The van der Waals surface area contributed by atoms with Crippen LogP contribution in [0, 0.1) is 35.5 Å². The van der Waals surface area contributed by atoms with Crippen LogP contribution in [-0.4, -0.2) is 56.9 Å². The Morgan fingerprint density at radius 3 is 1.10 bits per heavy atom. The molecule has 0 radical (unpaired) electrons. The molecule has 3 aromatic carbocycles. The molecule has 17 aliphatic rings. The molecule has 4 atom stereocenters. The highest BCUT2D eigenvalue weighted by Crippen LogP contribution is 2.44. The third-order valence-electron chi connectivity index (χ3n) is 20.6. The minimum atomic E-state index is 0.802. The number of ether oxygens (including phenoxy) is 1. The standard InChI is InChI=1S/2C8H9N.C8H8O.C8H14.2C7H13N.C7H12.C6H11N.C6H12.C5H11N/c1-2-4-8-6-9-5-7(8)3-1;1-2-4-8-7(3-1)5-6-9-8;1-2-4-8-6-9-5-7(8)3-1;1-2-8-5-3-7(1)4-6-8;1-3-7-4-2-6(1)5-8-7;1-2-6-4-5-7(3-1)8-6;1-2-7-4-3-6(1)5-7;1-2-6-3-5(1)4-7-6;2*1-2-4-6-5-3-1/h2*1-4,9H,5-6H2;1-4H,5-6H2;7-8H,1-6H2;2*6-8H,1-5H2;6-7H,1-5H2;5-7H,1-4H2;1-6H2;6H,1-5H2. The van der Waals surface area contributed by atoms with Crippen molar-refractivity contribution < 1.29 is 4.74 Å². The van der Waals surface area contributed by atoms with E-state index < -0.39 is 0 Å². The molecule has 9 aliphatic heterocycles. The van der Waals surface area contributed by atoms with Crippen LogP contribution in [0.15, 0.2) is 72.8 Å². The first kappa shape index (κ1) is 58.9. The van der Waals surface area contributed by atoms with Gasteiger partial charge in [0.15, 0.2) is 0 Å². The molecule has 6 N–H and O–H groups in total. The van der Waals surface area contributed by atoms with Crippen LogP contribution in [0.2, 0.25) is 0 Å². The first-order valence-electron chi connectivity index (χ1n) is 33.3. The van der Waals surface area contributed by atoms with E-state index >= 15 is 0 Å². The van der Waals surface area contributed by atoms with Crippen molar-refractivity contribution in [2.45, 2.75) is 262 Å². The van der Waals surface area contributed by atoms with Gasteiger partial charge in [0.05, 0.1) is 13.2 Å². The third-order valence-corrected chi connectivity index (χ3v) is 20.6. The highest BCUT2D eigenvalue weighted by atomic mass is 16.5. The van der Waals surface area contributed by atoms with Crippen molar-refractivity contribution >= 4 is 5.69 Å². The SMILES string of the molecule is C1CC2CC1CN2.C1CC2CCC(C1)N2.C1CC2CCC1C2.C1CC2CCC1CC2.C1CC2CCC1CN2.C1CCCCC1.C1CCNCC1.c1ccc2c(c1)CCN2.c1ccc2c(c1)CNC2.c1ccc2c(c1)COC2. The predicted octanol–water partition coefficient (Wildman–Crippen LogP) is 15.7. The van der Waals surface area contributed by atoms with E-state index in [1.165, 1.54) is 213 Å². The fourth-order valence-electron chi connectivity index (χ4n) is 15.6. The van der Waals surface area contributed by atoms with Crippen molar-refractivity contribution in [3.05, 3.63) is 101 Å². The number of nitrogens with one attached hydrogen (secondary N) is 6. The van der Waals surface area contributed by atoms with Crippen LogP contribution in [0.3, 0.4) is 0 Å². The van der Waals surface area contributed by atoms with Gasteiger partial charge in [-0.2, -0.15) is 0 Å². The highest BCUT2D eigenvalue weighted by molar-refractivity contribution is 5.54. The molecule has 77 heavy (non-hydrogen) atoms. The molecule has 0 spiro atoms. The normalized spacial score (nSPS) is 31.8. The summed E-state index contributed by atoms with van der Waals surface area (Å²) in [6.07, 6.45) is 49.2. The molecule has 7 nitrogen and oxygen atoms in total. The summed E-state index contributed by atoms with van der Waals surface area (Å²) in [5.41, 5.74) is 8.38. The van der Waals surface area contributed by atoms with Crippen molar-refractivity contribution in [1.29, 1.82) is 0 Å². The lowest BCUT2D eigenvalue weighted by atomic mass is 9.71. The van der Waals surface area contributed by atoms with E-state index in [0.717, 1.165) is 80.7 Å². The Morgan fingerprint density at radius 2 is 0.766 bits per heavy atom. The molecule has 20 rings (SSSR count). The Kier molecular flexibility index (Phi) is 25.9. The summed E-state index contributed by atoms with van der Waals surface area (Å²) in [6, 6.07) is 29.0. The Bertz CT molecular complexity index is 1650. The van der Waals surface area contributed by atoms with E-state index in [0.29, 0.717) is 0 Å². The molecular formula is C70H112N6O. The van der Waals surface area contributed by atoms with Crippen LogP contribution in [0.4, 0.5) is 5.69 Å². The Morgan fingerprint density at radius 1 is 0.325 bits per heavy atom. The van der Waals surface area contributed by atoms with Gasteiger partial charge in [-0.25, -0.2) is 0 Å². The first-order valence-corrected chi connectivity index (χ1v) is 33.3. The third kappa shape index (κ3) is 20.9. The molecule has 7 heteroatoms. The van der Waals surface area contributed by atoms with E-state index in [4.69, 9.17) is 4.74 Å². The summed E-state index contributed by atoms with van der Waals surface area (Å²) < 4.78 is 5.21. The number of hydrogen-bond donors (Lipinski definition) is 6. The molecule has 14 fully saturated rings. The molecule has 4 unspecified atom stereocenters. The molecule has 0 amide bonds. The Labute approximate surface area is 471 Å². The van der Waals surface area contributed by atoms with Crippen LogP contribution in [0.1, 0.15) is 233 Å². The van der Waals surface area contributed by atoms with Crippen LogP contribution in [0.25, 0.3) is 0 Å². The van der Waals surface area contributed by atoms with Gasteiger partial charge in [-0.1, -0.05) is 182 Å². The average molecular weight is 1050 g/mol. The monoisotopic (exact) mass is 1050 g/mol. The van der Waals surface area contributed by atoms with Crippen molar-refractivity contribution in [2.75, 3.05) is 38.0 Å². The molecule has 8 aliphatic carbocycles. The maximum atomic E-state index is 5.21. The van der Waals surface area contributed by atoms with Gasteiger partial charge >= 0.3 is 0 Å². The lowest BCUT2D eigenvalue weighted by Crippen LogP contribution is -2.44. The molecule has 3 aromatic rings. The second-order valence-corrected chi connectivity index (χ2v) is 26.5. The van der Waals surface area contributed by atoms with Gasteiger partial charge in [0.25, 0.3) is 0 Å². The number of hydrogen-bond acceptors (Lipinski definition) is 7. The second-order valence-electron chi connectivity index (χ2n) is 26.5. The molecule has 10 bridgehead atoms. The predicted molar refractivity (Wildman–Crippen MR) is 326 cm³/mol. The van der Waals surface area contributed by atoms with Gasteiger partial charge in [0, 0.05) is 49.5 Å². The van der Waals surface area contributed by atoms with E-state index in [-0.39, 0.29) is 0 Å². The summed E-state index contributed by atoms with van der Waals surface area (Å²) in [5.74, 6) is 6.75. The van der Waals surface area contributed by atoms with Gasteiger partial charge < -0.3 is 36.6 Å². The minimum Gasteiger partial charge on any atom is -0.384 e. The molecule has 8 saturated carbocycles. The fraction of sp³-hybridized carbons (Fsp3) is 0.743. The van der Waals surface area contributed by atoms with Crippen LogP contribution in [-0.2, 0) is 37.5 Å². The lowest BCUT2D eigenvalue weighted by Gasteiger charge is -2.36. The maximum absolute atomic E-state index is 5.21. The largest absolute Gasteiger partial charge is 0.384 e. The summed E-state index contributed by atoms with van der Waals surface area (Å²) in [6.45, 7) is 9.94.